The maximum Gasteiger partial charge on any atom is 0.347 e. The average molecular weight is 366 g/mol. The molecule has 5 nitrogen and oxygen atoms in total. The second-order valence-corrected chi connectivity index (χ2v) is 6.21. The van der Waals surface area contributed by atoms with Crippen LogP contribution in [0.1, 0.15) is 42.3 Å². The van der Waals surface area contributed by atoms with Crippen molar-refractivity contribution in [2.45, 2.75) is 33.3 Å². The summed E-state index contributed by atoms with van der Waals surface area (Å²) in [7, 11) is 0. The van der Waals surface area contributed by atoms with E-state index in [0.29, 0.717) is 23.7 Å². The van der Waals surface area contributed by atoms with Gasteiger partial charge < -0.3 is 14.2 Å². The Hall–Kier alpha value is -3.08. The van der Waals surface area contributed by atoms with Gasteiger partial charge in [0.1, 0.15) is 11.5 Å². The van der Waals surface area contributed by atoms with Crippen molar-refractivity contribution in [1.82, 2.24) is 0 Å². The van der Waals surface area contributed by atoms with E-state index in [2.05, 4.69) is 6.92 Å². The molecule has 3 rings (SSSR count). The number of carbonyl (C=O) groups excluding carboxylic acids is 2. The predicted molar refractivity (Wildman–Crippen MR) is 102 cm³/mol. The number of fused-ring (bicyclic) bond motifs is 1. The van der Waals surface area contributed by atoms with Gasteiger partial charge in [0.15, 0.2) is 11.9 Å². The van der Waals surface area contributed by atoms with Crippen molar-refractivity contribution in [2.24, 2.45) is 0 Å². The Balaban J connectivity index is 1.76. The van der Waals surface area contributed by atoms with Gasteiger partial charge in [0.2, 0.25) is 5.78 Å². The zero-order valence-electron chi connectivity index (χ0n) is 15.7. The highest BCUT2D eigenvalue weighted by Gasteiger charge is 2.28. The molecule has 0 N–H and O–H groups in total. The van der Waals surface area contributed by atoms with Crippen molar-refractivity contribution in [3.8, 4) is 11.5 Å². The molecule has 0 saturated carbocycles. The van der Waals surface area contributed by atoms with E-state index in [4.69, 9.17) is 14.2 Å². The number of ketones is 1. The Kier molecular flexibility index (Phi) is 5.60. The van der Waals surface area contributed by atoms with Crippen LogP contribution in [0.15, 0.2) is 48.2 Å². The van der Waals surface area contributed by atoms with Crippen molar-refractivity contribution in [3.63, 3.8) is 0 Å². The number of rotatable bonds is 6. The van der Waals surface area contributed by atoms with Gasteiger partial charge in [-0.15, -0.1) is 0 Å². The van der Waals surface area contributed by atoms with E-state index in [-0.39, 0.29) is 11.5 Å². The van der Waals surface area contributed by atoms with Gasteiger partial charge in [0.25, 0.3) is 0 Å². The number of allylic oxidation sites excluding steroid dienone is 1. The maximum atomic E-state index is 12.5. The first-order valence-corrected chi connectivity index (χ1v) is 9.02. The van der Waals surface area contributed by atoms with E-state index in [1.54, 1.807) is 38.1 Å². The largest absolute Gasteiger partial charge is 0.479 e. The summed E-state index contributed by atoms with van der Waals surface area (Å²) in [5, 5.41) is 0. The Morgan fingerprint density at radius 2 is 1.89 bits per heavy atom. The molecule has 0 fully saturated rings. The highest BCUT2D eigenvalue weighted by molar-refractivity contribution is 6.14. The Morgan fingerprint density at radius 3 is 2.56 bits per heavy atom. The van der Waals surface area contributed by atoms with Gasteiger partial charge in [0.05, 0.1) is 12.2 Å². The van der Waals surface area contributed by atoms with Gasteiger partial charge >= 0.3 is 5.97 Å². The van der Waals surface area contributed by atoms with Crippen molar-refractivity contribution >= 4 is 17.8 Å². The van der Waals surface area contributed by atoms with Crippen molar-refractivity contribution in [1.29, 1.82) is 0 Å². The van der Waals surface area contributed by atoms with E-state index < -0.39 is 12.1 Å². The number of aryl methyl sites for hydroxylation is 1. The van der Waals surface area contributed by atoms with Gasteiger partial charge in [-0.3, -0.25) is 4.79 Å². The molecule has 0 aliphatic carbocycles. The Labute approximate surface area is 158 Å². The zero-order chi connectivity index (χ0) is 19.4. The molecule has 1 aliphatic heterocycles. The Bertz CT molecular complexity index is 880. The van der Waals surface area contributed by atoms with E-state index in [1.165, 1.54) is 5.56 Å². The van der Waals surface area contributed by atoms with E-state index in [9.17, 15) is 9.59 Å². The minimum Gasteiger partial charge on any atom is -0.479 e. The SMILES string of the molecule is CCOC(=O)[C@@H](C)Oc1ccc2c(c1)OC(=Cc1ccc(CC)cc1)C2=O. The van der Waals surface area contributed by atoms with E-state index in [1.807, 2.05) is 24.3 Å². The van der Waals surface area contributed by atoms with Crippen LogP contribution in [0.3, 0.4) is 0 Å². The van der Waals surface area contributed by atoms with Gasteiger partial charge in [0, 0.05) is 6.07 Å². The van der Waals surface area contributed by atoms with Gasteiger partial charge in [-0.25, -0.2) is 4.79 Å². The summed E-state index contributed by atoms with van der Waals surface area (Å²) >= 11 is 0. The van der Waals surface area contributed by atoms with Crippen LogP contribution in [0.2, 0.25) is 0 Å². The van der Waals surface area contributed by atoms with Crippen LogP contribution in [0.5, 0.6) is 11.5 Å². The summed E-state index contributed by atoms with van der Waals surface area (Å²) in [6.45, 7) is 5.74. The number of hydrogen-bond donors (Lipinski definition) is 0. The quantitative estimate of drug-likeness (QED) is 0.566. The molecular weight excluding hydrogens is 344 g/mol. The predicted octanol–water partition coefficient (Wildman–Crippen LogP) is 4.20. The number of hydrogen-bond acceptors (Lipinski definition) is 5. The minimum atomic E-state index is -0.743. The minimum absolute atomic E-state index is 0.172. The van der Waals surface area contributed by atoms with Gasteiger partial charge in [-0.1, -0.05) is 31.2 Å². The number of Topliss-reactive ketones (excluding diaryl/α,β-unsaturated/α-hetero) is 1. The molecule has 2 aromatic carbocycles. The normalized spacial score (nSPS) is 15.2. The van der Waals surface area contributed by atoms with Crippen LogP contribution < -0.4 is 9.47 Å². The summed E-state index contributed by atoms with van der Waals surface area (Å²) in [5.41, 5.74) is 2.61. The smallest absolute Gasteiger partial charge is 0.347 e. The second-order valence-electron chi connectivity index (χ2n) is 6.21. The first-order valence-electron chi connectivity index (χ1n) is 9.02. The first-order chi connectivity index (χ1) is 13.0. The van der Waals surface area contributed by atoms with Crippen LogP contribution in [-0.2, 0) is 16.0 Å². The monoisotopic (exact) mass is 366 g/mol. The number of carbonyl (C=O) groups is 2. The van der Waals surface area contributed by atoms with Crippen molar-refractivity contribution in [2.75, 3.05) is 6.61 Å². The third kappa shape index (κ3) is 4.19. The lowest BCUT2D eigenvalue weighted by atomic mass is 10.1. The summed E-state index contributed by atoms with van der Waals surface area (Å²) < 4.78 is 16.2. The number of ether oxygens (including phenoxy) is 3. The fourth-order valence-corrected chi connectivity index (χ4v) is 2.75. The zero-order valence-corrected chi connectivity index (χ0v) is 15.7. The molecule has 0 saturated heterocycles. The molecule has 0 spiro atoms. The molecule has 0 unspecified atom stereocenters. The van der Waals surface area contributed by atoms with Crippen LogP contribution in [0.25, 0.3) is 6.08 Å². The molecule has 1 heterocycles. The molecular formula is C22H22O5. The fraction of sp³-hybridized carbons (Fsp3) is 0.273. The fourth-order valence-electron chi connectivity index (χ4n) is 2.75. The molecule has 0 aromatic heterocycles. The highest BCUT2D eigenvalue weighted by atomic mass is 16.6. The molecule has 1 atom stereocenters. The first kappa shape index (κ1) is 18.7. The molecule has 0 bridgehead atoms. The molecule has 0 amide bonds. The topological polar surface area (TPSA) is 61.8 Å². The van der Waals surface area contributed by atoms with Crippen molar-refractivity contribution in [3.05, 3.63) is 64.9 Å². The Morgan fingerprint density at radius 1 is 1.15 bits per heavy atom. The summed E-state index contributed by atoms with van der Waals surface area (Å²) in [6, 6.07) is 12.9. The number of benzene rings is 2. The third-order valence-electron chi connectivity index (χ3n) is 4.26. The molecule has 5 heteroatoms. The van der Waals surface area contributed by atoms with Gasteiger partial charge in [-0.05, 0) is 49.6 Å². The molecule has 27 heavy (non-hydrogen) atoms. The van der Waals surface area contributed by atoms with Crippen molar-refractivity contribution < 1.29 is 23.8 Å². The van der Waals surface area contributed by atoms with Crippen LogP contribution >= 0.6 is 0 Å². The van der Waals surface area contributed by atoms with E-state index >= 15 is 0 Å². The summed E-state index contributed by atoms with van der Waals surface area (Å²) in [4.78, 5) is 24.2. The maximum absolute atomic E-state index is 12.5. The lowest BCUT2D eigenvalue weighted by Crippen LogP contribution is -2.26. The van der Waals surface area contributed by atoms with Gasteiger partial charge in [-0.2, -0.15) is 0 Å². The summed E-state index contributed by atoms with van der Waals surface area (Å²) in [6.07, 6.45) is 1.95. The lowest BCUT2D eigenvalue weighted by Gasteiger charge is -2.13. The molecule has 1 aliphatic rings. The van der Waals surface area contributed by atoms with E-state index in [0.717, 1.165) is 12.0 Å². The van der Waals surface area contributed by atoms with Crippen LogP contribution in [0, 0.1) is 0 Å². The van der Waals surface area contributed by atoms with Crippen LogP contribution in [-0.4, -0.2) is 24.5 Å². The lowest BCUT2D eigenvalue weighted by molar-refractivity contribution is -0.150. The third-order valence-corrected chi connectivity index (χ3v) is 4.26. The molecule has 0 radical (unpaired) electrons. The molecule has 140 valence electrons. The molecule has 2 aromatic rings. The summed E-state index contributed by atoms with van der Waals surface area (Å²) in [5.74, 6) is 0.520. The highest BCUT2D eigenvalue weighted by Crippen LogP contribution is 2.35. The average Bonchev–Trinajstić information content (AvgIpc) is 2.97. The number of esters is 1. The standard InChI is InChI=1S/C22H22O5/c1-4-15-6-8-16(9-7-15)12-20-21(23)18-11-10-17(13-19(18)27-20)26-14(3)22(24)25-5-2/h6-14H,4-5H2,1-3H3/t14-/m1/s1. The van der Waals surface area contributed by atoms with Crippen LogP contribution in [0.4, 0.5) is 0 Å². The second kappa shape index (κ2) is 8.08.